The molecule has 0 aliphatic carbocycles. The van der Waals surface area contributed by atoms with Crippen molar-refractivity contribution >= 4 is 11.3 Å². The van der Waals surface area contributed by atoms with Gasteiger partial charge in [0.25, 0.3) is 0 Å². The van der Waals surface area contributed by atoms with E-state index in [1.165, 1.54) is 43.8 Å². The third kappa shape index (κ3) is 3.30. The third-order valence-electron chi connectivity index (χ3n) is 3.24. The van der Waals surface area contributed by atoms with Crippen molar-refractivity contribution in [2.45, 2.75) is 38.8 Å². The molecule has 0 saturated carbocycles. The average Bonchev–Trinajstić information content (AvgIpc) is 2.83. The minimum absolute atomic E-state index is 0.746. The standard InChI is InChI=1S/C13H22N2S/c1-2-8-15(11-13-6-4-9-16-13)12-5-3-7-14-10-12/h4,6,9,12,14H,2-3,5,7-8,10-11H2,1H3. The lowest BCUT2D eigenvalue weighted by atomic mass is 10.1. The van der Waals surface area contributed by atoms with Crippen molar-refractivity contribution in [2.75, 3.05) is 19.6 Å². The Labute approximate surface area is 103 Å². The second-order valence-corrected chi connectivity index (χ2v) is 5.58. The molecule has 16 heavy (non-hydrogen) atoms. The average molecular weight is 238 g/mol. The van der Waals surface area contributed by atoms with E-state index in [-0.39, 0.29) is 0 Å². The Balaban J connectivity index is 1.92. The predicted octanol–water partition coefficient (Wildman–Crippen LogP) is 2.71. The summed E-state index contributed by atoms with van der Waals surface area (Å²) in [5, 5.41) is 5.69. The Hall–Kier alpha value is -0.380. The summed E-state index contributed by atoms with van der Waals surface area (Å²) in [4.78, 5) is 4.15. The summed E-state index contributed by atoms with van der Waals surface area (Å²) in [7, 11) is 0. The van der Waals surface area contributed by atoms with Crippen LogP contribution in [-0.4, -0.2) is 30.6 Å². The van der Waals surface area contributed by atoms with Gasteiger partial charge in [-0.1, -0.05) is 13.0 Å². The van der Waals surface area contributed by atoms with Gasteiger partial charge in [-0.05, 0) is 43.8 Å². The Kier molecular flexibility index (Phi) is 4.82. The fourth-order valence-electron chi connectivity index (χ4n) is 2.43. The first-order valence-corrected chi connectivity index (χ1v) is 7.25. The van der Waals surface area contributed by atoms with Gasteiger partial charge in [0.15, 0.2) is 0 Å². The normalized spacial score (nSPS) is 21.5. The van der Waals surface area contributed by atoms with Crippen molar-refractivity contribution in [3.05, 3.63) is 22.4 Å². The van der Waals surface area contributed by atoms with Crippen molar-refractivity contribution in [3.8, 4) is 0 Å². The van der Waals surface area contributed by atoms with Gasteiger partial charge in [-0.15, -0.1) is 11.3 Å². The molecule has 0 spiro atoms. The summed E-state index contributed by atoms with van der Waals surface area (Å²) < 4.78 is 0. The highest BCUT2D eigenvalue weighted by Crippen LogP contribution is 2.17. The highest BCUT2D eigenvalue weighted by Gasteiger charge is 2.20. The molecule has 2 nitrogen and oxygen atoms in total. The first-order valence-electron chi connectivity index (χ1n) is 6.37. The van der Waals surface area contributed by atoms with Crippen LogP contribution in [0.25, 0.3) is 0 Å². The van der Waals surface area contributed by atoms with E-state index in [9.17, 15) is 0 Å². The molecule has 0 bridgehead atoms. The fraction of sp³-hybridized carbons (Fsp3) is 0.692. The highest BCUT2D eigenvalue weighted by molar-refractivity contribution is 7.09. The second-order valence-electron chi connectivity index (χ2n) is 4.55. The molecule has 1 aromatic heterocycles. The Morgan fingerprint density at radius 3 is 3.12 bits per heavy atom. The Morgan fingerprint density at radius 1 is 1.56 bits per heavy atom. The molecule has 90 valence electrons. The summed E-state index contributed by atoms with van der Waals surface area (Å²) in [5.74, 6) is 0. The van der Waals surface area contributed by atoms with Crippen molar-refractivity contribution in [2.24, 2.45) is 0 Å². The molecule has 0 radical (unpaired) electrons. The van der Waals surface area contributed by atoms with Crippen LogP contribution in [0.2, 0.25) is 0 Å². The summed E-state index contributed by atoms with van der Waals surface area (Å²) in [6, 6.07) is 5.16. The van der Waals surface area contributed by atoms with E-state index >= 15 is 0 Å². The van der Waals surface area contributed by atoms with E-state index in [1.807, 2.05) is 11.3 Å². The summed E-state index contributed by atoms with van der Waals surface area (Å²) in [6.45, 7) is 7.01. The molecule has 1 aromatic rings. The molecule has 2 rings (SSSR count). The minimum Gasteiger partial charge on any atom is -0.315 e. The predicted molar refractivity (Wildman–Crippen MR) is 70.9 cm³/mol. The topological polar surface area (TPSA) is 15.3 Å². The van der Waals surface area contributed by atoms with E-state index in [1.54, 1.807) is 0 Å². The number of nitrogens with one attached hydrogen (secondary N) is 1. The molecule has 1 N–H and O–H groups in total. The Bertz CT molecular complexity index is 278. The van der Waals surface area contributed by atoms with Gasteiger partial charge in [0.05, 0.1) is 0 Å². The largest absolute Gasteiger partial charge is 0.315 e. The van der Waals surface area contributed by atoms with Gasteiger partial charge < -0.3 is 5.32 Å². The number of nitrogens with zero attached hydrogens (tertiary/aromatic N) is 1. The van der Waals surface area contributed by atoms with Crippen LogP contribution in [0.3, 0.4) is 0 Å². The number of rotatable bonds is 5. The lowest BCUT2D eigenvalue weighted by Crippen LogP contribution is -2.45. The first-order chi connectivity index (χ1) is 7.90. The summed E-state index contributed by atoms with van der Waals surface area (Å²) in [5.41, 5.74) is 0. The molecule has 1 aliphatic heterocycles. The zero-order chi connectivity index (χ0) is 11.2. The molecule has 1 saturated heterocycles. The highest BCUT2D eigenvalue weighted by atomic mass is 32.1. The molecule has 2 heterocycles. The number of piperidine rings is 1. The van der Waals surface area contributed by atoms with Crippen molar-refractivity contribution in [1.29, 1.82) is 0 Å². The number of thiophene rings is 1. The van der Waals surface area contributed by atoms with E-state index in [0.717, 1.165) is 12.6 Å². The maximum Gasteiger partial charge on any atom is 0.0331 e. The van der Waals surface area contributed by atoms with Crippen LogP contribution in [0.15, 0.2) is 17.5 Å². The van der Waals surface area contributed by atoms with Crippen LogP contribution < -0.4 is 5.32 Å². The van der Waals surface area contributed by atoms with Crippen molar-refractivity contribution < 1.29 is 0 Å². The van der Waals surface area contributed by atoms with Crippen molar-refractivity contribution in [1.82, 2.24) is 10.2 Å². The summed E-state index contributed by atoms with van der Waals surface area (Å²) >= 11 is 1.88. The molecule has 1 atom stereocenters. The molecule has 0 amide bonds. The van der Waals surface area contributed by atoms with Gasteiger partial charge in [-0.25, -0.2) is 0 Å². The zero-order valence-electron chi connectivity index (χ0n) is 10.1. The van der Waals surface area contributed by atoms with Gasteiger partial charge in [-0.3, -0.25) is 4.90 Å². The molecule has 1 aliphatic rings. The van der Waals surface area contributed by atoms with Gasteiger partial charge in [0, 0.05) is 24.0 Å². The maximum atomic E-state index is 3.52. The first kappa shape index (κ1) is 12.1. The van der Waals surface area contributed by atoms with Crippen LogP contribution in [0, 0.1) is 0 Å². The van der Waals surface area contributed by atoms with Gasteiger partial charge in [0.2, 0.25) is 0 Å². The quantitative estimate of drug-likeness (QED) is 0.848. The van der Waals surface area contributed by atoms with Crippen LogP contribution in [0.5, 0.6) is 0 Å². The van der Waals surface area contributed by atoms with Gasteiger partial charge in [-0.2, -0.15) is 0 Å². The third-order valence-corrected chi connectivity index (χ3v) is 4.10. The zero-order valence-corrected chi connectivity index (χ0v) is 10.9. The molecular weight excluding hydrogens is 216 g/mol. The smallest absolute Gasteiger partial charge is 0.0331 e. The second kappa shape index (κ2) is 6.38. The van der Waals surface area contributed by atoms with Crippen LogP contribution in [-0.2, 0) is 6.54 Å². The van der Waals surface area contributed by atoms with Crippen LogP contribution >= 0.6 is 11.3 Å². The summed E-state index contributed by atoms with van der Waals surface area (Å²) in [6.07, 6.45) is 3.94. The van der Waals surface area contributed by atoms with E-state index in [0.29, 0.717) is 0 Å². The SMILES string of the molecule is CCCN(Cc1cccs1)C1CCCNC1. The lowest BCUT2D eigenvalue weighted by molar-refractivity contribution is 0.159. The van der Waals surface area contributed by atoms with Gasteiger partial charge >= 0.3 is 0 Å². The molecule has 3 heteroatoms. The minimum atomic E-state index is 0.746. The van der Waals surface area contributed by atoms with E-state index in [4.69, 9.17) is 0 Å². The van der Waals surface area contributed by atoms with Crippen molar-refractivity contribution in [3.63, 3.8) is 0 Å². The molecule has 1 unspecified atom stereocenters. The monoisotopic (exact) mass is 238 g/mol. The van der Waals surface area contributed by atoms with E-state index in [2.05, 4.69) is 34.7 Å². The maximum absolute atomic E-state index is 3.52. The number of hydrogen-bond donors (Lipinski definition) is 1. The van der Waals surface area contributed by atoms with Crippen LogP contribution in [0.1, 0.15) is 31.1 Å². The Morgan fingerprint density at radius 2 is 2.50 bits per heavy atom. The molecular formula is C13H22N2S. The van der Waals surface area contributed by atoms with Gasteiger partial charge in [0.1, 0.15) is 0 Å². The fourth-order valence-corrected chi connectivity index (χ4v) is 3.16. The van der Waals surface area contributed by atoms with Crippen LogP contribution in [0.4, 0.5) is 0 Å². The number of hydrogen-bond acceptors (Lipinski definition) is 3. The molecule has 0 aromatic carbocycles. The molecule has 1 fully saturated rings. The van der Waals surface area contributed by atoms with E-state index < -0.39 is 0 Å². The lowest BCUT2D eigenvalue weighted by Gasteiger charge is -2.34.